The smallest absolute Gasteiger partial charge is 0.155 e. The monoisotopic (exact) mass is 156 g/mol. The third kappa shape index (κ3) is 1.42. The van der Waals surface area contributed by atoms with Gasteiger partial charge < -0.3 is 9.84 Å². The highest BCUT2D eigenvalue weighted by molar-refractivity contribution is 4.82. The van der Waals surface area contributed by atoms with Crippen molar-refractivity contribution in [2.45, 2.75) is 45.0 Å². The molecular weight excluding hydrogens is 140 g/mol. The molecule has 0 aromatic carbocycles. The summed E-state index contributed by atoms with van der Waals surface area (Å²) in [6.45, 7) is 2.22. The molecule has 2 aliphatic rings. The Balaban J connectivity index is 2.02. The maximum absolute atomic E-state index is 9.31. The van der Waals surface area contributed by atoms with Gasteiger partial charge in [0, 0.05) is 6.42 Å². The van der Waals surface area contributed by atoms with E-state index in [1.807, 2.05) is 0 Å². The minimum Gasteiger partial charge on any atom is -0.368 e. The maximum Gasteiger partial charge on any atom is 0.155 e. The van der Waals surface area contributed by atoms with E-state index in [9.17, 15) is 5.11 Å². The molecule has 1 saturated heterocycles. The first kappa shape index (κ1) is 7.56. The summed E-state index contributed by atoms with van der Waals surface area (Å²) in [4.78, 5) is 0. The molecule has 2 bridgehead atoms. The van der Waals surface area contributed by atoms with E-state index in [1.165, 1.54) is 19.3 Å². The van der Waals surface area contributed by atoms with Crippen LogP contribution in [-0.4, -0.2) is 17.5 Å². The fraction of sp³-hybridized carbons (Fsp3) is 1.00. The van der Waals surface area contributed by atoms with Crippen LogP contribution in [-0.2, 0) is 4.74 Å². The van der Waals surface area contributed by atoms with Crippen LogP contribution in [0, 0.1) is 11.8 Å². The van der Waals surface area contributed by atoms with Gasteiger partial charge in [-0.3, -0.25) is 0 Å². The van der Waals surface area contributed by atoms with E-state index in [-0.39, 0.29) is 0 Å². The van der Waals surface area contributed by atoms with Crippen LogP contribution in [0.1, 0.15) is 32.6 Å². The van der Waals surface area contributed by atoms with Gasteiger partial charge in [0.2, 0.25) is 0 Å². The highest BCUT2D eigenvalue weighted by Crippen LogP contribution is 2.37. The Morgan fingerprint density at radius 1 is 1.27 bits per heavy atom. The first-order chi connectivity index (χ1) is 5.25. The number of ether oxygens (including phenoxy) is 1. The summed E-state index contributed by atoms with van der Waals surface area (Å²) in [7, 11) is 0. The molecule has 64 valence electrons. The van der Waals surface area contributed by atoms with Crippen LogP contribution < -0.4 is 0 Å². The van der Waals surface area contributed by atoms with E-state index >= 15 is 0 Å². The maximum atomic E-state index is 9.31. The molecule has 2 nitrogen and oxygen atoms in total. The van der Waals surface area contributed by atoms with Crippen molar-refractivity contribution in [3.05, 3.63) is 0 Å². The molecule has 1 aliphatic carbocycles. The van der Waals surface area contributed by atoms with E-state index in [1.54, 1.807) is 0 Å². The van der Waals surface area contributed by atoms with Crippen LogP contribution in [0.15, 0.2) is 0 Å². The molecule has 1 N–H and O–H groups in total. The number of aliphatic hydroxyl groups excluding tert-OH is 1. The second-order valence-electron chi connectivity index (χ2n) is 4.02. The Morgan fingerprint density at radius 3 is 2.91 bits per heavy atom. The molecule has 2 rings (SSSR count). The van der Waals surface area contributed by atoms with Gasteiger partial charge in [0.05, 0.1) is 6.10 Å². The lowest BCUT2D eigenvalue weighted by atomic mass is 9.77. The third-order valence-corrected chi connectivity index (χ3v) is 3.10. The summed E-state index contributed by atoms with van der Waals surface area (Å²) in [5.74, 6) is 1.39. The van der Waals surface area contributed by atoms with E-state index < -0.39 is 6.29 Å². The second-order valence-corrected chi connectivity index (χ2v) is 4.02. The predicted molar refractivity (Wildman–Crippen MR) is 42.0 cm³/mol. The summed E-state index contributed by atoms with van der Waals surface area (Å²) < 4.78 is 5.42. The minimum atomic E-state index is -0.471. The van der Waals surface area contributed by atoms with E-state index in [4.69, 9.17) is 4.74 Å². The average molecular weight is 156 g/mol. The minimum absolute atomic E-state index is 0.345. The molecule has 0 aromatic heterocycles. The molecule has 11 heavy (non-hydrogen) atoms. The largest absolute Gasteiger partial charge is 0.368 e. The molecule has 2 fully saturated rings. The van der Waals surface area contributed by atoms with Crippen LogP contribution in [0.5, 0.6) is 0 Å². The van der Waals surface area contributed by atoms with Crippen LogP contribution in [0.4, 0.5) is 0 Å². The Bertz CT molecular complexity index is 144. The Hall–Kier alpha value is -0.0800. The molecule has 0 amide bonds. The van der Waals surface area contributed by atoms with Gasteiger partial charge in [0.15, 0.2) is 6.29 Å². The third-order valence-electron chi connectivity index (χ3n) is 3.10. The molecule has 2 heteroatoms. The van der Waals surface area contributed by atoms with Crippen molar-refractivity contribution in [2.24, 2.45) is 11.8 Å². The molecule has 4 atom stereocenters. The van der Waals surface area contributed by atoms with Gasteiger partial charge in [-0.05, 0) is 31.1 Å². The van der Waals surface area contributed by atoms with Gasteiger partial charge >= 0.3 is 0 Å². The van der Waals surface area contributed by atoms with Crippen LogP contribution >= 0.6 is 0 Å². The number of fused-ring (bicyclic) bond motifs is 2. The Labute approximate surface area is 67.6 Å². The SMILES string of the molecule is C[C@@H]1CCC2CC(O)OC1C2. The van der Waals surface area contributed by atoms with Gasteiger partial charge in [0.25, 0.3) is 0 Å². The summed E-state index contributed by atoms with van der Waals surface area (Å²) in [6, 6.07) is 0. The quantitative estimate of drug-likeness (QED) is 0.576. The fourth-order valence-electron chi connectivity index (χ4n) is 2.31. The zero-order chi connectivity index (χ0) is 7.84. The standard InChI is InChI=1S/C9H16O2/c1-6-2-3-7-4-8(6)11-9(10)5-7/h6-10H,2-5H2,1H3/t6-,7?,8?,9?/m1/s1. The second kappa shape index (κ2) is 2.76. The van der Waals surface area contributed by atoms with Crippen molar-refractivity contribution in [2.75, 3.05) is 0 Å². The van der Waals surface area contributed by atoms with Gasteiger partial charge in [-0.25, -0.2) is 0 Å². The Morgan fingerprint density at radius 2 is 2.09 bits per heavy atom. The van der Waals surface area contributed by atoms with Crippen LogP contribution in [0.25, 0.3) is 0 Å². The summed E-state index contributed by atoms with van der Waals surface area (Å²) in [6.07, 6.45) is 4.49. The number of aliphatic hydroxyl groups is 1. The lowest BCUT2D eigenvalue weighted by Crippen LogP contribution is -2.40. The summed E-state index contributed by atoms with van der Waals surface area (Å²) in [5, 5.41) is 9.31. The van der Waals surface area contributed by atoms with Gasteiger partial charge in [-0.2, -0.15) is 0 Å². The van der Waals surface area contributed by atoms with Gasteiger partial charge in [-0.1, -0.05) is 6.92 Å². The number of hydrogen-bond acceptors (Lipinski definition) is 2. The van der Waals surface area contributed by atoms with Crippen molar-refractivity contribution in [3.8, 4) is 0 Å². The molecule has 1 heterocycles. The highest BCUT2D eigenvalue weighted by Gasteiger charge is 2.35. The van der Waals surface area contributed by atoms with Crippen molar-refractivity contribution < 1.29 is 9.84 Å². The first-order valence-corrected chi connectivity index (χ1v) is 4.59. The molecular formula is C9H16O2. The number of rotatable bonds is 0. The average Bonchev–Trinajstić information content (AvgIpc) is 1.97. The first-order valence-electron chi connectivity index (χ1n) is 4.59. The molecule has 3 unspecified atom stereocenters. The van der Waals surface area contributed by atoms with Crippen LogP contribution in [0.2, 0.25) is 0 Å². The fourth-order valence-corrected chi connectivity index (χ4v) is 2.31. The zero-order valence-corrected chi connectivity index (χ0v) is 6.99. The van der Waals surface area contributed by atoms with E-state index in [0.29, 0.717) is 12.0 Å². The zero-order valence-electron chi connectivity index (χ0n) is 6.99. The summed E-state index contributed by atoms with van der Waals surface area (Å²) >= 11 is 0. The normalized spacial score (nSPS) is 50.7. The highest BCUT2D eigenvalue weighted by atomic mass is 16.6. The molecule has 0 aromatic rings. The topological polar surface area (TPSA) is 29.5 Å². The lowest BCUT2D eigenvalue weighted by Gasteiger charge is -2.40. The van der Waals surface area contributed by atoms with Crippen molar-refractivity contribution in [1.82, 2.24) is 0 Å². The van der Waals surface area contributed by atoms with Crippen molar-refractivity contribution >= 4 is 0 Å². The molecule has 1 saturated carbocycles. The summed E-state index contributed by atoms with van der Waals surface area (Å²) in [5.41, 5.74) is 0. The van der Waals surface area contributed by atoms with E-state index in [2.05, 4.69) is 6.92 Å². The Kier molecular flexibility index (Phi) is 1.90. The van der Waals surface area contributed by atoms with E-state index in [0.717, 1.165) is 12.3 Å². The predicted octanol–water partition coefficient (Wildman–Crippen LogP) is 1.53. The molecule has 0 spiro atoms. The van der Waals surface area contributed by atoms with Gasteiger partial charge in [-0.15, -0.1) is 0 Å². The van der Waals surface area contributed by atoms with Crippen molar-refractivity contribution in [3.63, 3.8) is 0 Å². The van der Waals surface area contributed by atoms with Gasteiger partial charge in [0.1, 0.15) is 0 Å². The van der Waals surface area contributed by atoms with Crippen molar-refractivity contribution in [1.29, 1.82) is 0 Å². The lowest BCUT2D eigenvalue weighted by molar-refractivity contribution is -0.202. The number of hydrogen-bond donors (Lipinski definition) is 1. The van der Waals surface area contributed by atoms with Crippen LogP contribution in [0.3, 0.4) is 0 Å². The molecule has 1 aliphatic heterocycles. The molecule has 0 radical (unpaired) electrons.